The van der Waals surface area contributed by atoms with Crippen LogP contribution in [0.3, 0.4) is 0 Å². The molecule has 0 aromatic carbocycles. The van der Waals surface area contributed by atoms with E-state index in [0.29, 0.717) is 12.8 Å². The van der Waals surface area contributed by atoms with E-state index in [9.17, 15) is 28.8 Å². The van der Waals surface area contributed by atoms with Gasteiger partial charge in [-0.05, 0) is 31.1 Å². The van der Waals surface area contributed by atoms with Gasteiger partial charge in [-0.2, -0.15) is 0 Å². The second kappa shape index (κ2) is 22.4. The SMILES string of the molecule is CC(NC(=O)C1CCCN1C(=O)C(NC(=O)NCC(=O)O)C(C)(C)C)C(=O)C(N)=O.CC1CCC1.CCC.CCCCC. The largest absolute Gasteiger partial charge is 0.480 e. The van der Waals surface area contributed by atoms with Gasteiger partial charge in [0, 0.05) is 6.54 Å². The number of nitrogens with two attached hydrogens (primary N) is 1. The maximum Gasteiger partial charge on any atom is 0.323 e. The fraction of sp³-hybridized carbons (Fsp3) is 0.806. The Morgan fingerprint density at radius 1 is 0.930 bits per heavy atom. The summed E-state index contributed by atoms with van der Waals surface area (Å²) in [5.41, 5.74) is 4.19. The number of hydrogen-bond donors (Lipinski definition) is 5. The Bertz CT molecular complexity index is 882. The van der Waals surface area contributed by atoms with Gasteiger partial charge in [0.25, 0.3) is 5.91 Å². The number of ketones is 1. The summed E-state index contributed by atoms with van der Waals surface area (Å²) in [6, 6.07) is -3.88. The minimum absolute atomic E-state index is 0.264. The third kappa shape index (κ3) is 18.2. The van der Waals surface area contributed by atoms with Crippen molar-refractivity contribution in [3.05, 3.63) is 0 Å². The molecule has 6 N–H and O–H groups in total. The maximum atomic E-state index is 13.2. The van der Waals surface area contributed by atoms with Gasteiger partial charge in [-0.1, -0.05) is 100 Å². The minimum atomic E-state index is -1.24. The zero-order chi connectivity index (χ0) is 33.8. The van der Waals surface area contributed by atoms with Crippen molar-refractivity contribution in [1.29, 1.82) is 0 Å². The lowest BCUT2D eigenvalue weighted by molar-refractivity contribution is -0.143. The van der Waals surface area contributed by atoms with Crippen LogP contribution in [-0.2, 0) is 24.0 Å². The summed E-state index contributed by atoms with van der Waals surface area (Å²) >= 11 is 0. The van der Waals surface area contributed by atoms with Crippen molar-refractivity contribution in [3.8, 4) is 0 Å². The molecule has 3 atom stereocenters. The molecule has 3 unspecified atom stereocenters. The molecule has 12 heteroatoms. The minimum Gasteiger partial charge on any atom is -0.480 e. The number of Topliss-reactive ketones (excluding diaryl/α,β-unsaturated/α-hetero) is 1. The first kappa shape index (κ1) is 42.0. The second-order valence-corrected chi connectivity index (χ2v) is 12.3. The third-order valence-electron chi connectivity index (χ3n) is 6.72. The molecule has 43 heavy (non-hydrogen) atoms. The van der Waals surface area contributed by atoms with Gasteiger partial charge in [0.15, 0.2) is 0 Å². The van der Waals surface area contributed by atoms with Gasteiger partial charge in [-0.3, -0.25) is 24.0 Å². The zero-order valence-corrected chi connectivity index (χ0v) is 28.0. The normalized spacial score (nSPS) is 17.0. The molecular formula is C31H59N5O7. The van der Waals surface area contributed by atoms with Crippen molar-refractivity contribution in [3.63, 3.8) is 0 Å². The molecule has 0 spiro atoms. The highest BCUT2D eigenvalue weighted by Crippen LogP contribution is 2.26. The van der Waals surface area contributed by atoms with Crippen LogP contribution >= 0.6 is 0 Å². The Labute approximate surface area is 258 Å². The van der Waals surface area contributed by atoms with Crippen molar-refractivity contribution < 1.29 is 33.9 Å². The van der Waals surface area contributed by atoms with E-state index in [1.165, 1.54) is 56.8 Å². The van der Waals surface area contributed by atoms with Gasteiger partial charge in [0.05, 0.1) is 6.04 Å². The number of carbonyl (C=O) groups excluding carboxylic acids is 5. The number of primary amides is 1. The van der Waals surface area contributed by atoms with Crippen LogP contribution in [0, 0.1) is 11.3 Å². The summed E-state index contributed by atoms with van der Waals surface area (Å²) < 4.78 is 0. The first-order valence-electron chi connectivity index (χ1n) is 15.7. The molecule has 1 heterocycles. The van der Waals surface area contributed by atoms with Crippen LogP contribution in [0.15, 0.2) is 0 Å². The number of carbonyl (C=O) groups is 6. The number of carboxylic acids is 1. The number of rotatable bonds is 10. The summed E-state index contributed by atoms with van der Waals surface area (Å²) in [4.78, 5) is 72.3. The van der Waals surface area contributed by atoms with E-state index in [2.05, 4.69) is 50.6 Å². The Morgan fingerprint density at radius 3 is 1.79 bits per heavy atom. The summed E-state index contributed by atoms with van der Waals surface area (Å²) in [6.45, 7) is 17.1. The number of amides is 5. The number of aliphatic carboxylic acids is 1. The zero-order valence-electron chi connectivity index (χ0n) is 28.0. The van der Waals surface area contributed by atoms with Gasteiger partial charge >= 0.3 is 12.0 Å². The predicted octanol–water partition coefficient (Wildman–Crippen LogP) is 3.75. The number of likely N-dealkylation sites (tertiary alicyclic amines) is 1. The molecule has 0 bridgehead atoms. The van der Waals surface area contributed by atoms with Crippen LogP contribution in [-0.4, -0.2) is 76.7 Å². The van der Waals surface area contributed by atoms with Crippen LogP contribution in [0.4, 0.5) is 4.79 Å². The molecule has 1 saturated carbocycles. The Morgan fingerprint density at radius 2 is 1.44 bits per heavy atom. The molecule has 12 nitrogen and oxygen atoms in total. The van der Waals surface area contributed by atoms with E-state index in [1.807, 2.05) is 0 Å². The molecule has 1 aliphatic carbocycles. The molecule has 5 amide bonds. The highest BCUT2D eigenvalue weighted by atomic mass is 16.4. The topological polar surface area (TPSA) is 188 Å². The average molecular weight is 614 g/mol. The first-order valence-corrected chi connectivity index (χ1v) is 15.7. The van der Waals surface area contributed by atoms with E-state index in [0.717, 1.165) is 5.92 Å². The maximum absolute atomic E-state index is 13.2. The van der Waals surface area contributed by atoms with Gasteiger partial charge < -0.3 is 31.7 Å². The van der Waals surface area contributed by atoms with Crippen molar-refractivity contribution in [2.24, 2.45) is 17.1 Å². The van der Waals surface area contributed by atoms with Gasteiger partial charge in [-0.25, -0.2) is 4.79 Å². The van der Waals surface area contributed by atoms with E-state index < -0.39 is 65.6 Å². The molecular weight excluding hydrogens is 554 g/mol. The van der Waals surface area contributed by atoms with Gasteiger partial charge in [-0.15, -0.1) is 0 Å². The summed E-state index contributed by atoms with van der Waals surface area (Å²) in [5.74, 6) is -3.42. The average Bonchev–Trinajstić information content (AvgIpc) is 3.40. The second-order valence-electron chi connectivity index (χ2n) is 12.3. The summed E-state index contributed by atoms with van der Waals surface area (Å²) in [6.07, 6.45) is 10.7. The number of unbranched alkanes of at least 4 members (excludes halogenated alkanes) is 2. The van der Waals surface area contributed by atoms with Crippen molar-refractivity contribution in [1.82, 2.24) is 20.9 Å². The van der Waals surface area contributed by atoms with E-state index in [-0.39, 0.29) is 6.54 Å². The lowest BCUT2D eigenvalue weighted by Crippen LogP contribution is -2.60. The van der Waals surface area contributed by atoms with Gasteiger partial charge in [0.2, 0.25) is 17.6 Å². The molecule has 0 aromatic heterocycles. The van der Waals surface area contributed by atoms with Crippen LogP contribution in [0.2, 0.25) is 0 Å². The lowest BCUT2D eigenvalue weighted by Gasteiger charge is -2.35. The standard InChI is InChI=1S/C18H29N5O7.C5H10.C5H12.C3H8/c1-9(12(26)14(19)27)21-15(28)10-6-5-7-23(10)16(29)13(18(2,3)4)22-17(30)20-8-11(24)25;1-5-3-2-4-5;1-3-5-4-2;1-3-2/h9-10,13H,5-8H2,1-4H3,(H2,19,27)(H,21,28)(H,24,25)(H2,20,22,30);5H,2-4H2,1H3;3-5H2,1-2H3;3H2,1-2H3. The number of nitrogens with one attached hydrogen (secondary N) is 3. The lowest BCUT2D eigenvalue weighted by atomic mass is 9.85. The fourth-order valence-corrected chi connectivity index (χ4v) is 4.01. The molecule has 2 aliphatic rings. The Balaban J connectivity index is 0. The molecule has 2 rings (SSSR count). The molecule has 0 aromatic rings. The van der Waals surface area contributed by atoms with Crippen LogP contribution in [0.25, 0.3) is 0 Å². The number of hydrogen-bond acceptors (Lipinski definition) is 6. The van der Waals surface area contributed by atoms with E-state index >= 15 is 0 Å². The first-order chi connectivity index (χ1) is 20.0. The van der Waals surface area contributed by atoms with Crippen molar-refractivity contribution in [2.45, 2.75) is 138 Å². The van der Waals surface area contributed by atoms with Crippen LogP contribution in [0.1, 0.15) is 120 Å². The molecule has 1 aliphatic heterocycles. The molecule has 1 saturated heterocycles. The highest BCUT2D eigenvalue weighted by molar-refractivity contribution is 6.37. The number of nitrogens with zero attached hydrogens (tertiary/aromatic N) is 1. The Kier molecular flexibility index (Phi) is 21.8. The number of urea groups is 1. The smallest absolute Gasteiger partial charge is 0.323 e. The predicted molar refractivity (Wildman–Crippen MR) is 168 cm³/mol. The molecule has 2 fully saturated rings. The summed E-state index contributed by atoms with van der Waals surface area (Å²) in [7, 11) is 0. The Hall–Kier alpha value is -3.18. The van der Waals surface area contributed by atoms with Crippen LogP contribution < -0.4 is 21.7 Å². The third-order valence-corrected chi connectivity index (χ3v) is 6.72. The van der Waals surface area contributed by atoms with Crippen LogP contribution in [0.5, 0.6) is 0 Å². The van der Waals surface area contributed by atoms with Gasteiger partial charge in [0.1, 0.15) is 18.6 Å². The highest BCUT2D eigenvalue weighted by Gasteiger charge is 2.42. The van der Waals surface area contributed by atoms with Crippen molar-refractivity contribution >= 4 is 35.5 Å². The summed E-state index contributed by atoms with van der Waals surface area (Å²) in [5, 5.41) is 15.7. The van der Waals surface area contributed by atoms with E-state index in [1.54, 1.807) is 20.8 Å². The fourth-order valence-electron chi connectivity index (χ4n) is 4.01. The van der Waals surface area contributed by atoms with E-state index in [4.69, 9.17) is 10.8 Å². The van der Waals surface area contributed by atoms with Crippen molar-refractivity contribution in [2.75, 3.05) is 13.1 Å². The quantitative estimate of drug-likeness (QED) is 0.232. The number of carboxylic acid groups (broad SMARTS) is 1. The molecule has 250 valence electrons. The molecule has 0 radical (unpaired) electrons. The monoisotopic (exact) mass is 613 g/mol.